The van der Waals surface area contributed by atoms with Gasteiger partial charge in [-0.15, -0.1) is 0 Å². The van der Waals surface area contributed by atoms with Crippen LogP contribution in [0.25, 0.3) is 0 Å². The number of ether oxygens (including phenoxy) is 2. The zero-order valence-electron chi connectivity index (χ0n) is 10.6. The normalized spacial score (nSPS) is 41.0. The summed E-state index contributed by atoms with van der Waals surface area (Å²) in [4.78, 5) is 11.4. The SMILES string of the molecule is COC1=CC(=O)O[C@]12C[C@@H](C)[C@@](C)(O)C=C2C. The molecule has 1 heterocycles. The van der Waals surface area contributed by atoms with Crippen molar-refractivity contribution in [2.24, 2.45) is 5.92 Å². The van der Waals surface area contributed by atoms with E-state index in [1.54, 1.807) is 13.0 Å². The molecule has 1 aliphatic heterocycles. The number of methoxy groups -OCH3 is 1. The van der Waals surface area contributed by atoms with E-state index in [-0.39, 0.29) is 11.9 Å². The topological polar surface area (TPSA) is 55.8 Å². The van der Waals surface area contributed by atoms with Crippen LogP contribution < -0.4 is 0 Å². The van der Waals surface area contributed by atoms with Gasteiger partial charge < -0.3 is 14.6 Å². The van der Waals surface area contributed by atoms with Gasteiger partial charge in [0.25, 0.3) is 0 Å². The molecule has 0 saturated carbocycles. The molecule has 0 aromatic carbocycles. The van der Waals surface area contributed by atoms with Crippen molar-refractivity contribution in [3.63, 3.8) is 0 Å². The van der Waals surface area contributed by atoms with E-state index < -0.39 is 11.2 Å². The zero-order valence-corrected chi connectivity index (χ0v) is 10.6. The number of rotatable bonds is 1. The highest BCUT2D eigenvalue weighted by Crippen LogP contribution is 2.47. The molecule has 4 nitrogen and oxygen atoms in total. The van der Waals surface area contributed by atoms with E-state index in [0.29, 0.717) is 12.2 Å². The summed E-state index contributed by atoms with van der Waals surface area (Å²) in [7, 11) is 1.53. The van der Waals surface area contributed by atoms with Crippen LogP contribution in [0.3, 0.4) is 0 Å². The first-order valence-electron chi connectivity index (χ1n) is 5.73. The number of carbonyl (C=O) groups is 1. The third kappa shape index (κ3) is 1.67. The second kappa shape index (κ2) is 3.60. The first-order chi connectivity index (χ1) is 7.82. The first kappa shape index (κ1) is 12.2. The van der Waals surface area contributed by atoms with E-state index in [1.807, 2.05) is 13.8 Å². The van der Waals surface area contributed by atoms with Crippen molar-refractivity contribution in [3.05, 3.63) is 23.5 Å². The Morgan fingerprint density at radius 3 is 2.82 bits per heavy atom. The van der Waals surface area contributed by atoms with E-state index in [2.05, 4.69) is 0 Å². The smallest absolute Gasteiger partial charge is 0.335 e. The molecule has 1 aliphatic carbocycles. The molecular weight excluding hydrogens is 220 g/mol. The summed E-state index contributed by atoms with van der Waals surface area (Å²) >= 11 is 0. The number of esters is 1. The highest BCUT2D eigenvalue weighted by molar-refractivity contribution is 5.87. The molecule has 0 saturated heterocycles. The fourth-order valence-electron chi connectivity index (χ4n) is 2.61. The fraction of sp³-hybridized carbons (Fsp3) is 0.615. The van der Waals surface area contributed by atoms with Gasteiger partial charge in [0.1, 0.15) is 0 Å². The second-order valence-corrected chi connectivity index (χ2v) is 5.12. The predicted molar refractivity (Wildman–Crippen MR) is 62.1 cm³/mol. The Bertz CT molecular complexity index is 419. The van der Waals surface area contributed by atoms with E-state index in [4.69, 9.17) is 9.47 Å². The molecule has 0 unspecified atom stereocenters. The molecule has 17 heavy (non-hydrogen) atoms. The Balaban J connectivity index is 2.48. The zero-order chi connectivity index (χ0) is 12.8. The minimum Gasteiger partial charge on any atom is -0.496 e. The van der Waals surface area contributed by atoms with Gasteiger partial charge in [-0.25, -0.2) is 4.79 Å². The van der Waals surface area contributed by atoms with Crippen LogP contribution in [0.15, 0.2) is 23.5 Å². The fourth-order valence-corrected chi connectivity index (χ4v) is 2.61. The van der Waals surface area contributed by atoms with E-state index in [1.165, 1.54) is 13.2 Å². The van der Waals surface area contributed by atoms with Crippen LogP contribution in [0.5, 0.6) is 0 Å². The maximum atomic E-state index is 11.4. The summed E-state index contributed by atoms with van der Waals surface area (Å²) < 4.78 is 10.7. The molecule has 0 amide bonds. The van der Waals surface area contributed by atoms with Gasteiger partial charge in [0, 0.05) is 6.42 Å². The van der Waals surface area contributed by atoms with Gasteiger partial charge in [0.2, 0.25) is 0 Å². The molecule has 1 spiro atoms. The highest BCUT2D eigenvalue weighted by Gasteiger charge is 2.52. The van der Waals surface area contributed by atoms with Gasteiger partial charge in [-0.05, 0) is 31.4 Å². The van der Waals surface area contributed by atoms with Gasteiger partial charge in [0.15, 0.2) is 11.4 Å². The molecule has 94 valence electrons. The molecule has 2 aliphatic rings. The first-order valence-corrected chi connectivity index (χ1v) is 5.73. The Morgan fingerprint density at radius 1 is 1.59 bits per heavy atom. The average molecular weight is 238 g/mol. The van der Waals surface area contributed by atoms with E-state index in [0.717, 1.165) is 5.57 Å². The maximum Gasteiger partial charge on any atom is 0.335 e. The van der Waals surface area contributed by atoms with Crippen molar-refractivity contribution in [2.45, 2.75) is 38.4 Å². The summed E-state index contributed by atoms with van der Waals surface area (Å²) in [6, 6.07) is 0. The van der Waals surface area contributed by atoms with Crippen molar-refractivity contribution in [3.8, 4) is 0 Å². The lowest BCUT2D eigenvalue weighted by Crippen LogP contribution is -2.47. The molecule has 0 radical (unpaired) electrons. The molecule has 0 fully saturated rings. The maximum absolute atomic E-state index is 11.4. The highest BCUT2D eigenvalue weighted by atomic mass is 16.6. The molecule has 0 bridgehead atoms. The number of hydrogen-bond acceptors (Lipinski definition) is 4. The van der Waals surface area contributed by atoms with Crippen LogP contribution in [0.2, 0.25) is 0 Å². The van der Waals surface area contributed by atoms with Crippen LogP contribution in [-0.4, -0.2) is 29.4 Å². The molecule has 0 aromatic heterocycles. The largest absolute Gasteiger partial charge is 0.496 e. The third-order valence-electron chi connectivity index (χ3n) is 3.88. The lowest BCUT2D eigenvalue weighted by molar-refractivity contribution is -0.148. The second-order valence-electron chi connectivity index (χ2n) is 5.12. The van der Waals surface area contributed by atoms with Gasteiger partial charge in [0.05, 0.1) is 18.8 Å². The van der Waals surface area contributed by atoms with Crippen molar-refractivity contribution in [1.29, 1.82) is 0 Å². The van der Waals surface area contributed by atoms with E-state index >= 15 is 0 Å². The van der Waals surface area contributed by atoms with Crippen LogP contribution in [-0.2, 0) is 14.3 Å². The van der Waals surface area contributed by atoms with Gasteiger partial charge in [-0.1, -0.05) is 6.92 Å². The van der Waals surface area contributed by atoms with Gasteiger partial charge >= 0.3 is 5.97 Å². The Labute approximate surface area is 101 Å². The van der Waals surface area contributed by atoms with Crippen LogP contribution in [0.4, 0.5) is 0 Å². The molecule has 4 heteroatoms. The molecule has 2 rings (SSSR count). The van der Waals surface area contributed by atoms with E-state index in [9.17, 15) is 9.90 Å². The lowest BCUT2D eigenvalue weighted by atomic mass is 9.71. The molecular formula is C13H18O4. The summed E-state index contributed by atoms with van der Waals surface area (Å²) in [5.41, 5.74) is -0.865. The average Bonchev–Trinajstić information content (AvgIpc) is 2.53. The van der Waals surface area contributed by atoms with Crippen molar-refractivity contribution in [2.75, 3.05) is 7.11 Å². The Morgan fingerprint density at radius 2 is 2.24 bits per heavy atom. The number of aliphatic hydroxyl groups is 1. The quantitative estimate of drug-likeness (QED) is 0.556. The van der Waals surface area contributed by atoms with Crippen LogP contribution in [0, 0.1) is 5.92 Å². The van der Waals surface area contributed by atoms with Gasteiger partial charge in [-0.2, -0.15) is 0 Å². The van der Waals surface area contributed by atoms with Crippen molar-refractivity contribution >= 4 is 5.97 Å². The molecule has 0 aromatic rings. The standard InChI is InChI=1S/C13H18O4/c1-8-7-13(9(2)6-12(8,3)15)10(16-4)5-11(14)17-13/h5-6,8,15H,7H2,1-4H3/t8-,12+,13+/m1/s1. The number of carbonyl (C=O) groups excluding carboxylic acids is 1. The summed E-state index contributed by atoms with van der Waals surface area (Å²) in [6.45, 7) is 5.55. The summed E-state index contributed by atoms with van der Waals surface area (Å²) in [5, 5.41) is 10.2. The van der Waals surface area contributed by atoms with Crippen LogP contribution in [0.1, 0.15) is 27.2 Å². The monoisotopic (exact) mass is 238 g/mol. The molecule has 1 N–H and O–H groups in total. The summed E-state index contributed by atoms with van der Waals surface area (Å²) in [5.74, 6) is 0.123. The number of hydrogen-bond donors (Lipinski definition) is 1. The summed E-state index contributed by atoms with van der Waals surface area (Å²) in [6.07, 6.45) is 3.67. The predicted octanol–water partition coefficient (Wildman–Crippen LogP) is 1.55. The van der Waals surface area contributed by atoms with Crippen molar-refractivity contribution < 1.29 is 19.4 Å². The Hall–Kier alpha value is -1.29. The lowest BCUT2D eigenvalue weighted by Gasteiger charge is -2.42. The minimum absolute atomic E-state index is 0.0179. The third-order valence-corrected chi connectivity index (χ3v) is 3.88. The molecule has 3 atom stereocenters. The van der Waals surface area contributed by atoms with Crippen molar-refractivity contribution in [1.82, 2.24) is 0 Å². The Kier molecular flexibility index (Phi) is 2.58. The van der Waals surface area contributed by atoms with Crippen LogP contribution >= 0.6 is 0 Å². The minimum atomic E-state index is -0.872. The van der Waals surface area contributed by atoms with Gasteiger partial charge in [-0.3, -0.25) is 0 Å².